The van der Waals surface area contributed by atoms with E-state index in [9.17, 15) is 0 Å². The second-order valence-electron chi connectivity index (χ2n) is 5.53. The highest BCUT2D eigenvalue weighted by atomic mass is 16.5. The maximum Gasteiger partial charge on any atom is 0.167 e. The average molecular weight is 289 g/mol. The standard InChI is InChI=1S/C14H19N5O2/c1-3-10(20-5-1)7-15-13-12-14(17-8-16-13)19(9-18-12)11-4-2-6-21-11/h8-11H,1-7H2,(H,15,16,17). The van der Waals surface area contributed by atoms with Crippen LogP contribution in [0.25, 0.3) is 11.2 Å². The van der Waals surface area contributed by atoms with Crippen LogP contribution in [-0.4, -0.2) is 45.4 Å². The van der Waals surface area contributed by atoms with E-state index in [1.54, 1.807) is 12.7 Å². The molecule has 0 aliphatic carbocycles. The molecular formula is C14H19N5O2. The summed E-state index contributed by atoms with van der Waals surface area (Å²) < 4.78 is 13.3. The second kappa shape index (κ2) is 5.57. The quantitative estimate of drug-likeness (QED) is 0.924. The van der Waals surface area contributed by atoms with Gasteiger partial charge in [-0.15, -0.1) is 0 Å². The van der Waals surface area contributed by atoms with Gasteiger partial charge in [-0.2, -0.15) is 0 Å². The summed E-state index contributed by atoms with van der Waals surface area (Å²) in [5.74, 6) is 0.771. The van der Waals surface area contributed by atoms with Crippen molar-refractivity contribution in [1.82, 2.24) is 19.5 Å². The SMILES string of the molecule is c1nc(NCC2CCCO2)c2ncn(C3CCCO3)c2n1. The highest BCUT2D eigenvalue weighted by molar-refractivity contribution is 5.82. The topological polar surface area (TPSA) is 74.1 Å². The number of imidazole rings is 1. The molecule has 0 aromatic carbocycles. The molecule has 4 heterocycles. The maximum atomic E-state index is 5.71. The summed E-state index contributed by atoms with van der Waals surface area (Å²) in [6.07, 6.45) is 8.03. The Hall–Kier alpha value is -1.73. The van der Waals surface area contributed by atoms with Gasteiger partial charge in [0.05, 0.1) is 12.4 Å². The normalized spacial score (nSPS) is 25.7. The molecule has 2 aromatic rings. The number of nitrogens with one attached hydrogen (secondary N) is 1. The molecule has 0 radical (unpaired) electrons. The van der Waals surface area contributed by atoms with Crippen molar-refractivity contribution >= 4 is 17.0 Å². The van der Waals surface area contributed by atoms with Crippen LogP contribution in [0.2, 0.25) is 0 Å². The molecule has 2 atom stereocenters. The van der Waals surface area contributed by atoms with Gasteiger partial charge in [-0.25, -0.2) is 15.0 Å². The molecule has 7 heteroatoms. The number of aromatic nitrogens is 4. The van der Waals surface area contributed by atoms with Crippen LogP contribution in [0, 0.1) is 0 Å². The number of rotatable bonds is 4. The van der Waals surface area contributed by atoms with Gasteiger partial charge in [0.2, 0.25) is 0 Å². The molecule has 2 aromatic heterocycles. The zero-order chi connectivity index (χ0) is 14.1. The smallest absolute Gasteiger partial charge is 0.167 e. The first-order valence-electron chi connectivity index (χ1n) is 7.56. The lowest BCUT2D eigenvalue weighted by Gasteiger charge is -2.13. The van der Waals surface area contributed by atoms with E-state index in [-0.39, 0.29) is 12.3 Å². The van der Waals surface area contributed by atoms with Crippen LogP contribution in [0.5, 0.6) is 0 Å². The summed E-state index contributed by atoms with van der Waals surface area (Å²) in [5, 5.41) is 3.34. The van der Waals surface area contributed by atoms with E-state index in [1.165, 1.54) is 0 Å². The van der Waals surface area contributed by atoms with Gasteiger partial charge >= 0.3 is 0 Å². The fourth-order valence-corrected chi connectivity index (χ4v) is 2.99. The summed E-state index contributed by atoms with van der Waals surface area (Å²) in [7, 11) is 0. The molecule has 2 unspecified atom stereocenters. The number of hydrogen-bond donors (Lipinski definition) is 1. The highest BCUT2D eigenvalue weighted by Crippen LogP contribution is 2.27. The number of anilines is 1. The van der Waals surface area contributed by atoms with Crippen molar-refractivity contribution in [2.24, 2.45) is 0 Å². The van der Waals surface area contributed by atoms with E-state index < -0.39 is 0 Å². The van der Waals surface area contributed by atoms with Gasteiger partial charge in [0, 0.05) is 19.8 Å². The Morgan fingerprint density at radius 3 is 2.86 bits per heavy atom. The molecule has 2 saturated heterocycles. The van der Waals surface area contributed by atoms with Gasteiger partial charge < -0.3 is 14.8 Å². The van der Waals surface area contributed by atoms with Gasteiger partial charge in [0.25, 0.3) is 0 Å². The van der Waals surface area contributed by atoms with Gasteiger partial charge in [-0.3, -0.25) is 4.57 Å². The largest absolute Gasteiger partial charge is 0.376 e. The minimum absolute atomic E-state index is 0.0518. The summed E-state index contributed by atoms with van der Waals surface area (Å²) in [4.78, 5) is 13.1. The van der Waals surface area contributed by atoms with E-state index in [2.05, 4.69) is 20.3 Å². The van der Waals surface area contributed by atoms with E-state index >= 15 is 0 Å². The Labute approximate surface area is 122 Å². The molecule has 2 aliphatic heterocycles. The van der Waals surface area contributed by atoms with Crippen molar-refractivity contribution < 1.29 is 9.47 Å². The Kier molecular flexibility index (Phi) is 3.44. The minimum Gasteiger partial charge on any atom is -0.376 e. The van der Waals surface area contributed by atoms with Crippen LogP contribution in [0.1, 0.15) is 31.9 Å². The predicted octanol–water partition coefficient (Wildman–Crippen LogP) is 1.73. The van der Waals surface area contributed by atoms with Crippen LogP contribution in [0.15, 0.2) is 12.7 Å². The van der Waals surface area contributed by atoms with Crippen molar-refractivity contribution in [1.29, 1.82) is 0 Å². The average Bonchev–Trinajstić information content (AvgIpc) is 3.24. The highest BCUT2D eigenvalue weighted by Gasteiger charge is 2.22. The molecule has 1 N–H and O–H groups in total. The van der Waals surface area contributed by atoms with Crippen LogP contribution in [0.3, 0.4) is 0 Å². The zero-order valence-corrected chi connectivity index (χ0v) is 11.9. The van der Waals surface area contributed by atoms with Gasteiger partial charge in [0.1, 0.15) is 12.6 Å². The second-order valence-corrected chi connectivity index (χ2v) is 5.53. The summed E-state index contributed by atoms with van der Waals surface area (Å²) in [6.45, 7) is 2.43. The monoisotopic (exact) mass is 289 g/mol. The van der Waals surface area contributed by atoms with Gasteiger partial charge in [-0.1, -0.05) is 0 Å². The van der Waals surface area contributed by atoms with Crippen molar-refractivity contribution in [3.63, 3.8) is 0 Å². The van der Waals surface area contributed by atoms with E-state index in [0.717, 1.165) is 62.4 Å². The molecule has 21 heavy (non-hydrogen) atoms. The molecule has 0 amide bonds. The third-order valence-corrected chi connectivity index (χ3v) is 4.10. The Morgan fingerprint density at radius 2 is 2.05 bits per heavy atom. The first-order chi connectivity index (χ1) is 10.4. The van der Waals surface area contributed by atoms with Crippen molar-refractivity contribution in [3.8, 4) is 0 Å². The number of fused-ring (bicyclic) bond motifs is 1. The zero-order valence-electron chi connectivity index (χ0n) is 11.9. The van der Waals surface area contributed by atoms with Gasteiger partial charge in [0.15, 0.2) is 17.0 Å². The molecule has 2 fully saturated rings. The number of ether oxygens (including phenoxy) is 2. The van der Waals surface area contributed by atoms with E-state index in [0.29, 0.717) is 0 Å². The van der Waals surface area contributed by atoms with E-state index in [4.69, 9.17) is 9.47 Å². The first-order valence-corrected chi connectivity index (χ1v) is 7.56. The van der Waals surface area contributed by atoms with Crippen molar-refractivity contribution in [2.75, 3.05) is 25.1 Å². The van der Waals surface area contributed by atoms with Gasteiger partial charge in [-0.05, 0) is 25.7 Å². The molecule has 0 spiro atoms. The Balaban J connectivity index is 1.57. The maximum absolute atomic E-state index is 5.71. The number of nitrogens with zero attached hydrogens (tertiary/aromatic N) is 4. The summed E-state index contributed by atoms with van der Waals surface area (Å²) in [6, 6.07) is 0. The molecule has 7 nitrogen and oxygen atoms in total. The third kappa shape index (κ3) is 2.47. The molecule has 112 valence electrons. The van der Waals surface area contributed by atoms with Crippen molar-refractivity contribution in [3.05, 3.63) is 12.7 Å². The molecular weight excluding hydrogens is 270 g/mol. The molecule has 4 rings (SSSR count). The fourth-order valence-electron chi connectivity index (χ4n) is 2.99. The summed E-state index contributed by atoms with van der Waals surface area (Å²) >= 11 is 0. The summed E-state index contributed by atoms with van der Waals surface area (Å²) in [5.41, 5.74) is 1.62. The fraction of sp³-hybridized carbons (Fsp3) is 0.643. The molecule has 0 saturated carbocycles. The number of hydrogen-bond acceptors (Lipinski definition) is 6. The lowest BCUT2D eigenvalue weighted by Crippen LogP contribution is -2.19. The Bertz CT molecular complexity index is 617. The molecule has 0 bridgehead atoms. The van der Waals surface area contributed by atoms with Crippen LogP contribution >= 0.6 is 0 Å². The lowest BCUT2D eigenvalue weighted by atomic mass is 10.2. The van der Waals surface area contributed by atoms with E-state index in [1.807, 2.05) is 4.57 Å². The van der Waals surface area contributed by atoms with Crippen LogP contribution < -0.4 is 5.32 Å². The Morgan fingerprint density at radius 1 is 1.14 bits per heavy atom. The van der Waals surface area contributed by atoms with Crippen molar-refractivity contribution in [2.45, 2.75) is 38.0 Å². The predicted molar refractivity (Wildman–Crippen MR) is 77.0 cm³/mol. The van der Waals surface area contributed by atoms with Crippen LogP contribution in [-0.2, 0) is 9.47 Å². The lowest BCUT2D eigenvalue weighted by molar-refractivity contribution is 0.0593. The minimum atomic E-state index is 0.0518. The van der Waals surface area contributed by atoms with Crippen LogP contribution in [0.4, 0.5) is 5.82 Å². The molecule has 2 aliphatic rings. The first kappa shape index (κ1) is 13.0. The third-order valence-electron chi connectivity index (χ3n) is 4.10.